The van der Waals surface area contributed by atoms with Crippen molar-refractivity contribution in [3.8, 4) is 0 Å². The Labute approximate surface area is 118 Å². The molecular formula is C15H19N3O2. The van der Waals surface area contributed by atoms with Crippen LogP contribution in [0.2, 0.25) is 0 Å². The van der Waals surface area contributed by atoms with Crippen molar-refractivity contribution >= 4 is 5.91 Å². The Kier molecular flexibility index (Phi) is 4.53. The highest BCUT2D eigenvalue weighted by Gasteiger charge is 2.07. The summed E-state index contributed by atoms with van der Waals surface area (Å²) >= 11 is 0. The third-order valence-corrected chi connectivity index (χ3v) is 3.00. The van der Waals surface area contributed by atoms with Gasteiger partial charge in [-0.2, -0.15) is 0 Å². The van der Waals surface area contributed by atoms with E-state index in [2.05, 4.69) is 15.4 Å². The highest BCUT2D eigenvalue weighted by atomic mass is 16.5. The molecular weight excluding hydrogens is 254 g/mol. The van der Waals surface area contributed by atoms with Gasteiger partial charge in [-0.1, -0.05) is 17.3 Å². The fourth-order valence-corrected chi connectivity index (χ4v) is 2.03. The molecule has 0 spiro atoms. The number of aryl methyl sites for hydroxylation is 1. The number of nitrogens with one attached hydrogen (secondary N) is 1. The first kappa shape index (κ1) is 14.3. The van der Waals surface area contributed by atoms with Crippen molar-refractivity contribution < 1.29 is 9.32 Å². The Morgan fingerprint density at radius 1 is 1.30 bits per heavy atom. The summed E-state index contributed by atoms with van der Waals surface area (Å²) < 4.78 is 5.19. The number of nitrogens with zero attached hydrogens (tertiary/aromatic N) is 2. The first-order valence-corrected chi connectivity index (χ1v) is 6.50. The number of rotatable bonds is 5. The van der Waals surface area contributed by atoms with Crippen LogP contribution in [0.25, 0.3) is 0 Å². The number of carbonyl (C=O) groups is 1. The number of hydrogen-bond acceptors (Lipinski definition) is 4. The van der Waals surface area contributed by atoms with Crippen molar-refractivity contribution in [1.29, 1.82) is 0 Å². The molecule has 1 heterocycles. The van der Waals surface area contributed by atoms with Gasteiger partial charge in [0.2, 0.25) is 0 Å². The molecule has 1 aromatic carbocycles. The molecule has 20 heavy (non-hydrogen) atoms. The van der Waals surface area contributed by atoms with Crippen LogP contribution in [0.15, 0.2) is 34.9 Å². The predicted octanol–water partition coefficient (Wildman–Crippen LogP) is 1.97. The molecule has 5 nitrogen and oxygen atoms in total. The molecule has 1 amide bonds. The van der Waals surface area contributed by atoms with Crippen molar-refractivity contribution in [1.82, 2.24) is 15.4 Å². The minimum absolute atomic E-state index is 0.0676. The normalized spacial score (nSPS) is 10.8. The van der Waals surface area contributed by atoms with Gasteiger partial charge in [0.1, 0.15) is 0 Å². The molecule has 0 aliphatic carbocycles. The molecule has 0 saturated carbocycles. The van der Waals surface area contributed by atoms with Gasteiger partial charge in [0.05, 0.1) is 12.2 Å². The van der Waals surface area contributed by atoms with E-state index in [0.29, 0.717) is 12.1 Å². The van der Waals surface area contributed by atoms with E-state index in [1.807, 2.05) is 44.3 Å². The molecule has 106 valence electrons. The summed E-state index contributed by atoms with van der Waals surface area (Å²) in [5, 5.41) is 6.48. The number of amides is 1. The van der Waals surface area contributed by atoms with Crippen molar-refractivity contribution in [2.24, 2.45) is 0 Å². The number of carbonyl (C=O) groups excluding carboxylic acids is 1. The zero-order valence-corrected chi connectivity index (χ0v) is 12.0. The molecule has 2 aromatic rings. The van der Waals surface area contributed by atoms with E-state index >= 15 is 0 Å². The number of benzene rings is 1. The van der Waals surface area contributed by atoms with Gasteiger partial charge >= 0.3 is 0 Å². The zero-order valence-electron chi connectivity index (χ0n) is 12.0. The second-order valence-electron chi connectivity index (χ2n) is 4.88. The molecule has 0 bridgehead atoms. The van der Waals surface area contributed by atoms with Crippen LogP contribution in [0.3, 0.4) is 0 Å². The largest absolute Gasteiger partial charge is 0.360 e. The highest BCUT2D eigenvalue weighted by molar-refractivity contribution is 5.93. The van der Waals surface area contributed by atoms with Crippen molar-refractivity contribution in [2.75, 3.05) is 14.1 Å². The molecule has 0 unspecified atom stereocenters. The SMILES string of the molecule is CNC(=O)c1ccc(CN(C)Cc2cc(C)no2)cc1. The molecule has 0 radical (unpaired) electrons. The minimum atomic E-state index is -0.0676. The summed E-state index contributed by atoms with van der Waals surface area (Å²) in [6.45, 7) is 3.40. The summed E-state index contributed by atoms with van der Waals surface area (Å²) in [6.07, 6.45) is 0. The van der Waals surface area contributed by atoms with E-state index in [-0.39, 0.29) is 5.91 Å². The lowest BCUT2D eigenvalue weighted by molar-refractivity contribution is 0.0963. The molecule has 5 heteroatoms. The van der Waals surface area contributed by atoms with E-state index in [1.54, 1.807) is 7.05 Å². The maximum Gasteiger partial charge on any atom is 0.251 e. The van der Waals surface area contributed by atoms with Crippen LogP contribution in [0.1, 0.15) is 27.4 Å². The molecule has 0 aliphatic rings. The van der Waals surface area contributed by atoms with Gasteiger partial charge in [0.25, 0.3) is 5.91 Å². The van der Waals surface area contributed by atoms with Crippen molar-refractivity contribution in [3.63, 3.8) is 0 Å². The van der Waals surface area contributed by atoms with Crippen molar-refractivity contribution in [3.05, 3.63) is 52.9 Å². The Balaban J connectivity index is 1.94. The topological polar surface area (TPSA) is 58.4 Å². The minimum Gasteiger partial charge on any atom is -0.360 e. The van der Waals surface area contributed by atoms with Crippen LogP contribution in [0.4, 0.5) is 0 Å². The van der Waals surface area contributed by atoms with E-state index in [9.17, 15) is 4.79 Å². The van der Waals surface area contributed by atoms with Crippen LogP contribution in [0.5, 0.6) is 0 Å². The van der Waals surface area contributed by atoms with Gasteiger partial charge in [0.15, 0.2) is 5.76 Å². The molecule has 1 N–H and O–H groups in total. The van der Waals surface area contributed by atoms with Crippen LogP contribution >= 0.6 is 0 Å². The van der Waals surface area contributed by atoms with E-state index in [1.165, 1.54) is 0 Å². The average molecular weight is 273 g/mol. The van der Waals surface area contributed by atoms with Crippen LogP contribution in [-0.4, -0.2) is 30.1 Å². The lowest BCUT2D eigenvalue weighted by Crippen LogP contribution is -2.18. The Morgan fingerprint density at radius 3 is 2.55 bits per heavy atom. The number of hydrogen-bond donors (Lipinski definition) is 1. The lowest BCUT2D eigenvalue weighted by atomic mass is 10.1. The molecule has 0 aliphatic heterocycles. The van der Waals surface area contributed by atoms with Gasteiger partial charge in [-0.3, -0.25) is 9.69 Å². The predicted molar refractivity (Wildman–Crippen MR) is 76.2 cm³/mol. The van der Waals surface area contributed by atoms with Crippen LogP contribution in [-0.2, 0) is 13.1 Å². The summed E-state index contributed by atoms with van der Waals surface area (Å²) in [6, 6.07) is 9.53. The summed E-state index contributed by atoms with van der Waals surface area (Å²) in [5.41, 5.74) is 2.71. The average Bonchev–Trinajstić information content (AvgIpc) is 2.84. The summed E-state index contributed by atoms with van der Waals surface area (Å²) in [4.78, 5) is 13.6. The third kappa shape index (κ3) is 3.68. The molecule has 2 rings (SSSR count). The fourth-order valence-electron chi connectivity index (χ4n) is 2.03. The van der Waals surface area contributed by atoms with Crippen molar-refractivity contribution in [2.45, 2.75) is 20.0 Å². The Morgan fingerprint density at radius 2 is 2.00 bits per heavy atom. The monoisotopic (exact) mass is 273 g/mol. The fraction of sp³-hybridized carbons (Fsp3) is 0.333. The first-order valence-electron chi connectivity index (χ1n) is 6.50. The molecule has 0 fully saturated rings. The summed E-state index contributed by atoms with van der Waals surface area (Å²) in [7, 11) is 3.65. The highest BCUT2D eigenvalue weighted by Crippen LogP contribution is 2.10. The van der Waals surface area contributed by atoms with Crippen LogP contribution < -0.4 is 5.32 Å². The smallest absolute Gasteiger partial charge is 0.251 e. The third-order valence-electron chi connectivity index (χ3n) is 3.00. The van der Waals surface area contributed by atoms with Crippen LogP contribution in [0, 0.1) is 6.92 Å². The van der Waals surface area contributed by atoms with E-state index in [4.69, 9.17) is 4.52 Å². The zero-order chi connectivity index (χ0) is 14.5. The quantitative estimate of drug-likeness (QED) is 0.905. The van der Waals surface area contributed by atoms with E-state index in [0.717, 1.165) is 23.6 Å². The first-order chi connectivity index (χ1) is 9.58. The number of aromatic nitrogens is 1. The maximum atomic E-state index is 11.4. The second kappa shape index (κ2) is 6.34. The van der Waals surface area contributed by atoms with Gasteiger partial charge in [-0.05, 0) is 31.7 Å². The summed E-state index contributed by atoms with van der Waals surface area (Å²) in [5.74, 6) is 0.786. The lowest BCUT2D eigenvalue weighted by Gasteiger charge is -2.14. The van der Waals surface area contributed by atoms with Gasteiger partial charge in [0, 0.05) is 25.2 Å². The van der Waals surface area contributed by atoms with E-state index < -0.39 is 0 Å². The van der Waals surface area contributed by atoms with Gasteiger partial charge < -0.3 is 9.84 Å². The molecule has 1 aromatic heterocycles. The van der Waals surface area contributed by atoms with Gasteiger partial charge in [-0.25, -0.2) is 0 Å². The molecule has 0 saturated heterocycles. The second-order valence-corrected chi connectivity index (χ2v) is 4.88. The maximum absolute atomic E-state index is 11.4. The Bertz CT molecular complexity index is 575. The standard InChI is InChI=1S/C15H19N3O2/c1-11-8-14(20-17-11)10-18(3)9-12-4-6-13(7-5-12)15(19)16-2/h4-8H,9-10H2,1-3H3,(H,16,19). The Hall–Kier alpha value is -2.14. The molecule has 0 atom stereocenters. The van der Waals surface area contributed by atoms with Gasteiger partial charge in [-0.15, -0.1) is 0 Å².